The van der Waals surface area contributed by atoms with E-state index in [1.807, 2.05) is 0 Å². The predicted octanol–water partition coefficient (Wildman–Crippen LogP) is 6.96. The average molecular weight is 379 g/mol. The highest BCUT2D eigenvalue weighted by molar-refractivity contribution is 5.22. The minimum atomic E-state index is -0.182. The Morgan fingerprint density at radius 1 is 0.704 bits per heavy atom. The summed E-state index contributed by atoms with van der Waals surface area (Å²) in [4.78, 5) is 2.75. The lowest BCUT2D eigenvalue weighted by molar-refractivity contribution is -0.0803. The van der Waals surface area contributed by atoms with Crippen LogP contribution in [-0.4, -0.2) is 28.1 Å². The first kappa shape index (κ1) is 26.4. The molecule has 2 unspecified atom stereocenters. The van der Waals surface area contributed by atoms with E-state index < -0.39 is 0 Å². The lowest BCUT2D eigenvalue weighted by atomic mass is 9.70. The van der Waals surface area contributed by atoms with Gasteiger partial charge in [-0.2, -0.15) is 0 Å². The lowest BCUT2D eigenvalue weighted by Crippen LogP contribution is -2.69. The predicted molar refractivity (Wildman–Crippen MR) is 124 cm³/mol. The van der Waals surface area contributed by atoms with Crippen molar-refractivity contribution in [3.8, 4) is 0 Å². The van der Waals surface area contributed by atoms with Crippen LogP contribution < -0.4 is 5.73 Å². The third-order valence-electron chi connectivity index (χ3n) is 5.59. The van der Waals surface area contributed by atoms with Crippen LogP contribution in [0.5, 0.6) is 0 Å². The first-order chi connectivity index (χ1) is 12.0. The summed E-state index contributed by atoms with van der Waals surface area (Å²) >= 11 is 0. The maximum atomic E-state index is 6.53. The summed E-state index contributed by atoms with van der Waals surface area (Å²) in [6, 6.07) is 0. The van der Waals surface area contributed by atoms with Gasteiger partial charge >= 0.3 is 0 Å². The summed E-state index contributed by atoms with van der Waals surface area (Å²) in [5, 5.41) is 0. The van der Waals surface area contributed by atoms with Crippen LogP contribution in [0, 0.1) is 10.8 Å². The van der Waals surface area contributed by atoms with E-state index in [9.17, 15) is 0 Å². The molecule has 0 aromatic carbocycles. The molecule has 0 bridgehead atoms. The van der Waals surface area contributed by atoms with E-state index in [0.29, 0.717) is 6.54 Å². The number of nitrogens with two attached hydrogens (primary N) is 1. The van der Waals surface area contributed by atoms with Crippen LogP contribution in [0.15, 0.2) is 24.3 Å². The Morgan fingerprint density at radius 3 is 1.33 bits per heavy atom. The van der Waals surface area contributed by atoms with Gasteiger partial charge in [-0.1, -0.05) is 72.8 Å². The average Bonchev–Trinajstić information content (AvgIpc) is 2.43. The normalized spacial score (nSPS) is 20.8. The molecule has 2 N–H and O–H groups in total. The molecule has 2 atom stereocenters. The SMILES string of the molecule is CC=CC(C)(C=CC)N(C(C)(CC)CC(C)(C)C)C(C)(CN)CC(C)(C)C. The number of allylic oxidation sites excluding steroid dienone is 2. The quantitative estimate of drug-likeness (QED) is 0.439. The van der Waals surface area contributed by atoms with Gasteiger partial charge in [0.25, 0.3) is 0 Å². The van der Waals surface area contributed by atoms with E-state index in [4.69, 9.17) is 5.73 Å². The summed E-state index contributed by atoms with van der Waals surface area (Å²) in [6.07, 6.45) is 12.3. The molecule has 0 fully saturated rings. The van der Waals surface area contributed by atoms with Crippen LogP contribution in [0.4, 0.5) is 0 Å². The maximum Gasteiger partial charge on any atom is 0.0557 e. The number of hydrogen-bond donors (Lipinski definition) is 1. The highest BCUT2D eigenvalue weighted by Crippen LogP contribution is 2.46. The van der Waals surface area contributed by atoms with Gasteiger partial charge in [0, 0.05) is 17.6 Å². The summed E-state index contributed by atoms with van der Waals surface area (Å²) in [7, 11) is 0. The Balaban J connectivity index is 6.80. The van der Waals surface area contributed by atoms with E-state index in [0.717, 1.165) is 19.3 Å². The first-order valence-electron chi connectivity index (χ1n) is 10.8. The Labute approximate surface area is 171 Å². The summed E-state index contributed by atoms with van der Waals surface area (Å²) in [5.41, 5.74) is 6.72. The molecule has 0 rings (SSSR count). The van der Waals surface area contributed by atoms with Crippen LogP contribution in [0.3, 0.4) is 0 Å². The van der Waals surface area contributed by atoms with E-state index in [2.05, 4.69) is 112 Å². The topological polar surface area (TPSA) is 29.3 Å². The molecule has 0 aliphatic rings. The number of nitrogens with zero attached hydrogens (tertiary/aromatic N) is 1. The monoisotopic (exact) mass is 378 g/mol. The van der Waals surface area contributed by atoms with Gasteiger partial charge in [0.2, 0.25) is 0 Å². The molecule has 0 amide bonds. The van der Waals surface area contributed by atoms with E-state index in [-0.39, 0.29) is 27.4 Å². The highest BCUT2D eigenvalue weighted by Gasteiger charge is 2.50. The molecule has 0 aliphatic heterocycles. The van der Waals surface area contributed by atoms with Crippen molar-refractivity contribution in [1.82, 2.24) is 4.90 Å². The smallest absolute Gasteiger partial charge is 0.0557 e. The van der Waals surface area contributed by atoms with Crippen LogP contribution in [0.2, 0.25) is 0 Å². The second-order valence-corrected chi connectivity index (χ2v) is 11.6. The Bertz CT molecular complexity index is 461. The zero-order chi connectivity index (χ0) is 21.7. The van der Waals surface area contributed by atoms with Gasteiger partial charge in [0.1, 0.15) is 0 Å². The van der Waals surface area contributed by atoms with Gasteiger partial charge in [0.15, 0.2) is 0 Å². The van der Waals surface area contributed by atoms with Crippen LogP contribution in [-0.2, 0) is 0 Å². The van der Waals surface area contributed by atoms with Crippen molar-refractivity contribution < 1.29 is 0 Å². The Kier molecular flexibility index (Phi) is 9.06. The zero-order valence-corrected chi connectivity index (χ0v) is 20.7. The van der Waals surface area contributed by atoms with Crippen molar-refractivity contribution >= 4 is 0 Å². The van der Waals surface area contributed by atoms with Gasteiger partial charge in [-0.3, -0.25) is 4.90 Å². The maximum absolute atomic E-state index is 6.53. The molecular formula is C25H50N2. The van der Waals surface area contributed by atoms with E-state index in [1.165, 1.54) is 0 Å². The van der Waals surface area contributed by atoms with Gasteiger partial charge in [-0.25, -0.2) is 0 Å². The third-order valence-corrected chi connectivity index (χ3v) is 5.59. The first-order valence-corrected chi connectivity index (χ1v) is 10.8. The molecule has 0 heterocycles. The van der Waals surface area contributed by atoms with E-state index in [1.54, 1.807) is 0 Å². The molecule has 2 heteroatoms. The fourth-order valence-electron chi connectivity index (χ4n) is 5.58. The molecule has 0 saturated heterocycles. The van der Waals surface area contributed by atoms with Crippen LogP contribution in [0.25, 0.3) is 0 Å². The molecule has 0 saturated carbocycles. The summed E-state index contributed by atoms with van der Waals surface area (Å²) < 4.78 is 0. The number of rotatable bonds is 9. The lowest BCUT2D eigenvalue weighted by Gasteiger charge is -2.60. The third kappa shape index (κ3) is 7.38. The van der Waals surface area contributed by atoms with Crippen molar-refractivity contribution in [3.05, 3.63) is 24.3 Å². The molecule has 0 spiro atoms. The van der Waals surface area contributed by atoms with Crippen molar-refractivity contribution in [2.75, 3.05) is 6.54 Å². The Morgan fingerprint density at radius 2 is 1.07 bits per heavy atom. The Hall–Kier alpha value is -0.600. The fraction of sp³-hybridized carbons (Fsp3) is 0.840. The fourth-order valence-corrected chi connectivity index (χ4v) is 5.58. The van der Waals surface area contributed by atoms with Crippen LogP contribution in [0.1, 0.15) is 102 Å². The molecule has 0 radical (unpaired) electrons. The van der Waals surface area contributed by atoms with Crippen LogP contribution >= 0.6 is 0 Å². The zero-order valence-electron chi connectivity index (χ0n) is 20.7. The van der Waals surface area contributed by atoms with Crippen molar-refractivity contribution in [2.45, 2.75) is 119 Å². The summed E-state index contributed by atoms with van der Waals surface area (Å²) in [5.74, 6) is 0. The molecule has 0 aromatic rings. The van der Waals surface area contributed by atoms with Crippen molar-refractivity contribution in [2.24, 2.45) is 16.6 Å². The largest absolute Gasteiger partial charge is 0.329 e. The highest BCUT2D eigenvalue weighted by atomic mass is 15.3. The van der Waals surface area contributed by atoms with Gasteiger partial charge in [-0.15, -0.1) is 0 Å². The number of hydrogen-bond acceptors (Lipinski definition) is 2. The van der Waals surface area contributed by atoms with Gasteiger partial charge in [0.05, 0.1) is 5.54 Å². The molecule has 2 nitrogen and oxygen atoms in total. The van der Waals surface area contributed by atoms with E-state index >= 15 is 0 Å². The minimum Gasteiger partial charge on any atom is -0.329 e. The van der Waals surface area contributed by atoms with Gasteiger partial charge < -0.3 is 5.73 Å². The summed E-state index contributed by atoms with van der Waals surface area (Å²) in [6.45, 7) is 28.4. The van der Waals surface area contributed by atoms with Gasteiger partial charge in [-0.05, 0) is 64.7 Å². The molecule has 0 aliphatic carbocycles. The van der Waals surface area contributed by atoms with Crippen molar-refractivity contribution in [1.29, 1.82) is 0 Å². The molecule has 27 heavy (non-hydrogen) atoms. The molecule has 0 aromatic heterocycles. The molecule has 160 valence electrons. The minimum absolute atomic E-state index is 0.0331. The van der Waals surface area contributed by atoms with Crippen molar-refractivity contribution in [3.63, 3.8) is 0 Å². The second kappa shape index (κ2) is 9.27. The standard InChI is InChI=1S/C25H50N2/c1-13-16-24(11,17-14-2)27(23(10,15-3)18-21(4,5)6)25(12,20-26)19-22(7,8)9/h13-14,16-17H,15,18-20,26H2,1-12H3. The second-order valence-electron chi connectivity index (χ2n) is 11.6. The molecular weight excluding hydrogens is 328 g/mol.